The van der Waals surface area contributed by atoms with Crippen LogP contribution >= 0.6 is 11.3 Å². The number of carbonyl (C=O) groups excluding carboxylic acids is 1. The van der Waals surface area contributed by atoms with E-state index in [2.05, 4.69) is 9.88 Å². The quantitative estimate of drug-likeness (QED) is 0.763. The predicted molar refractivity (Wildman–Crippen MR) is 99.9 cm³/mol. The van der Waals surface area contributed by atoms with Crippen molar-refractivity contribution in [1.82, 2.24) is 14.8 Å². The van der Waals surface area contributed by atoms with Crippen LogP contribution in [-0.2, 0) is 11.3 Å². The Morgan fingerprint density at radius 3 is 2.68 bits per heavy atom. The van der Waals surface area contributed by atoms with E-state index in [4.69, 9.17) is 4.74 Å². The van der Waals surface area contributed by atoms with Crippen LogP contribution in [0.1, 0.15) is 26.5 Å². The molecule has 134 valence electrons. The number of morpholine rings is 1. The fourth-order valence-corrected chi connectivity index (χ4v) is 3.81. The number of ether oxygens (including phenoxy) is 1. The minimum absolute atomic E-state index is 0.122. The third-order valence-corrected chi connectivity index (χ3v) is 5.36. The van der Waals surface area contributed by atoms with Crippen molar-refractivity contribution in [2.24, 2.45) is 0 Å². The van der Waals surface area contributed by atoms with Crippen molar-refractivity contribution >= 4 is 17.2 Å². The minimum atomic E-state index is 0.122. The second-order valence-corrected chi connectivity index (χ2v) is 7.59. The molecule has 3 rings (SSSR count). The summed E-state index contributed by atoms with van der Waals surface area (Å²) >= 11 is 1.57. The summed E-state index contributed by atoms with van der Waals surface area (Å²) in [5, 5.41) is 0. The Balaban J connectivity index is 1.62. The summed E-state index contributed by atoms with van der Waals surface area (Å²) in [6, 6.07) is 7.89. The molecule has 2 aromatic heterocycles. The highest BCUT2D eigenvalue weighted by atomic mass is 32.1. The zero-order valence-electron chi connectivity index (χ0n) is 14.7. The fraction of sp³-hybridized carbons (Fsp3) is 0.474. The normalized spacial score (nSPS) is 15.2. The van der Waals surface area contributed by atoms with E-state index in [9.17, 15) is 4.79 Å². The number of hydrogen-bond acceptors (Lipinski definition) is 5. The number of aryl methyl sites for hydroxylation is 1. The minimum Gasteiger partial charge on any atom is -0.379 e. The molecular formula is C19H25N3O2S. The monoisotopic (exact) mass is 359 g/mol. The number of amides is 1. The number of hydrogen-bond donors (Lipinski definition) is 0. The second kappa shape index (κ2) is 9.08. The van der Waals surface area contributed by atoms with Crippen molar-refractivity contribution < 1.29 is 9.53 Å². The maximum absolute atomic E-state index is 12.9. The molecule has 3 heterocycles. The van der Waals surface area contributed by atoms with E-state index in [0.717, 1.165) is 56.3 Å². The van der Waals surface area contributed by atoms with Crippen LogP contribution in [0.15, 0.2) is 36.7 Å². The molecular weight excluding hydrogens is 334 g/mol. The average Bonchev–Trinajstić information content (AvgIpc) is 3.08. The maximum Gasteiger partial charge on any atom is 0.264 e. The molecule has 1 amide bonds. The van der Waals surface area contributed by atoms with Crippen molar-refractivity contribution in [3.8, 4) is 0 Å². The lowest BCUT2D eigenvalue weighted by atomic mass is 10.2. The molecule has 1 aliphatic heterocycles. The molecule has 1 saturated heterocycles. The summed E-state index contributed by atoms with van der Waals surface area (Å²) in [6.45, 7) is 8.03. The van der Waals surface area contributed by atoms with E-state index < -0.39 is 0 Å². The molecule has 5 nitrogen and oxygen atoms in total. The SMILES string of the molecule is Cc1ccc(C(=O)N(CCCN2CCOCC2)Cc2ccncc2)s1. The maximum atomic E-state index is 12.9. The number of thiophene rings is 1. The summed E-state index contributed by atoms with van der Waals surface area (Å²) < 4.78 is 5.39. The molecule has 0 unspecified atom stereocenters. The highest BCUT2D eigenvalue weighted by molar-refractivity contribution is 7.13. The molecule has 0 radical (unpaired) electrons. The van der Waals surface area contributed by atoms with Crippen LogP contribution in [0.5, 0.6) is 0 Å². The average molecular weight is 359 g/mol. The Hall–Kier alpha value is -1.76. The van der Waals surface area contributed by atoms with Gasteiger partial charge in [-0.1, -0.05) is 0 Å². The molecule has 2 aromatic rings. The summed E-state index contributed by atoms with van der Waals surface area (Å²) in [4.78, 5) is 23.3. The topological polar surface area (TPSA) is 45.7 Å². The molecule has 1 fully saturated rings. The molecule has 6 heteroatoms. The van der Waals surface area contributed by atoms with Gasteiger partial charge in [0.1, 0.15) is 0 Å². The number of aromatic nitrogens is 1. The van der Waals surface area contributed by atoms with E-state index in [-0.39, 0.29) is 5.91 Å². The third kappa shape index (κ3) is 5.36. The lowest BCUT2D eigenvalue weighted by molar-refractivity contribution is 0.0356. The Bertz CT molecular complexity index is 668. The van der Waals surface area contributed by atoms with E-state index in [0.29, 0.717) is 6.54 Å². The van der Waals surface area contributed by atoms with Crippen molar-refractivity contribution in [2.75, 3.05) is 39.4 Å². The molecule has 0 bridgehead atoms. The van der Waals surface area contributed by atoms with Crippen LogP contribution in [0, 0.1) is 6.92 Å². The van der Waals surface area contributed by atoms with Gasteiger partial charge in [-0.25, -0.2) is 0 Å². The van der Waals surface area contributed by atoms with Crippen LogP contribution in [0.3, 0.4) is 0 Å². The molecule has 0 atom stereocenters. The molecule has 0 aliphatic carbocycles. The largest absolute Gasteiger partial charge is 0.379 e. The van der Waals surface area contributed by atoms with Gasteiger partial charge in [0.25, 0.3) is 5.91 Å². The summed E-state index contributed by atoms with van der Waals surface area (Å²) in [5.74, 6) is 0.122. The van der Waals surface area contributed by atoms with Gasteiger partial charge in [0.2, 0.25) is 0 Å². The van der Waals surface area contributed by atoms with Gasteiger partial charge >= 0.3 is 0 Å². The molecule has 0 N–H and O–H groups in total. The van der Waals surface area contributed by atoms with Crippen molar-refractivity contribution in [1.29, 1.82) is 0 Å². The van der Waals surface area contributed by atoms with E-state index in [1.807, 2.05) is 36.1 Å². The van der Waals surface area contributed by atoms with Crippen LogP contribution in [0.4, 0.5) is 0 Å². The molecule has 1 aliphatic rings. The van der Waals surface area contributed by atoms with Gasteiger partial charge in [-0.3, -0.25) is 14.7 Å². The zero-order chi connectivity index (χ0) is 17.5. The van der Waals surface area contributed by atoms with Gasteiger partial charge in [-0.15, -0.1) is 11.3 Å². The van der Waals surface area contributed by atoms with E-state index >= 15 is 0 Å². The van der Waals surface area contributed by atoms with Gasteiger partial charge in [-0.2, -0.15) is 0 Å². The highest BCUT2D eigenvalue weighted by Gasteiger charge is 2.18. The van der Waals surface area contributed by atoms with Crippen LogP contribution in [0.2, 0.25) is 0 Å². The number of nitrogens with zero attached hydrogens (tertiary/aromatic N) is 3. The molecule has 0 aromatic carbocycles. The Morgan fingerprint density at radius 1 is 1.24 bits per heavy atom. The first-order valence-corrected chi connectivity index (χ1v) is 9.59. The standard InChI is InChI=1S/C19H25N3O2S/c1-16-3-4-18(25-16)19(23)22(15-17-5-7-20-8-6-17)10-2-9-21-11-13-24-14-12-21/h3-8H,2,9-15H2,1H3. The number of rotatable bonds is 7. The first-order valence-electron chi connectivity index (χ1n) is 8.77. The smallest absolute Gasteiger partial charge is 0.264 e. The van der Waals surface area contributed by atoms with Gasteiger partial charge < -0.3 is 9.64 Å². The van der Waals surface area contributed by atoms with Crippen LogP contribution in [-0.4, -0.2) is 60.1 Å². The lowest BCUT2D eigenvalue weighted by Gasteiger charge is -2.28. The number of carbonyl (C=O) groups is 1. The van der Waals surface area contributed by atoms with Crippen molar-refractivity contribution in [3.63, 3.8) is 0 Å². The van der Waals surface area contributed by atoms with Crippen molar-refractivity contribution in [3.05, 3.63) is 52.0 Å². The Labute approximate surface area is 153 Å². The molecule has 0 spiro atoms. The zero-order valence-corrected chi connectivity index (χ0v) is 15.5. The van der Waals surface area contributed by atoms with E-state index in [1.165, 1.54) is 4.88 Å². The molecule has 25 heavy (non-hydrogen) atoms. The van der Waals surface area contributed by atoms with Gasteiger partial charge in [0.15, 0.2) is 0 Å². The molecule has 0 saturated carbocycles. The van der Waals surface area contributed by atoms with Gasteiger partial charge in [0.05, 0.1) is 18.1 Å². The van der Waals surface area contributed by atoms with Crippen LogP contribution in [0.25, 0.3) is 0 Å². The van der Waals surface area contributed by atoms with Crippen LogP contribution < -0.4 is 0 Å². The Morgan fingerprint density at radius 2 is 2.00 bits per heavy atom. The van der Waals surface area contributed by atoms with Gasteiger partial charge in [0, 0.05) is 50.0 Å². The third-order valence-electron chi connectivity index (χ3n) is 4.37. The first kappa shape index (κ1) is 18.0. The lowest BCUT2D eigenvalue weighted by Crippen LogP contribution is -2.39. The predicted octanol–water partition coefficient (Wildman–Crippen LogP) is 2.82. The Kier molecular flexibility index (Phi) is 6.55. The van der Waals surface area contributed by atoms with Gasteiger partial charge in [-0.05, 0) is 43.2 Å². The number of pyridine rings is 1. The second-order valence-electron chi connectivity index (χ2n) is 6.30. The fourth-order valence-electron chi connectivity index (χ4n) is 2.98. The first-order chi connectivity index (χ1) is 12.2. The highest BCUT2D eigenvalue weighted by Crippen LogP contribution is 2.19. The summed E-state index contributed by atoms with van der Waals surface area (Å²) in [6.07, 6.45) is 4.53. The summed E-state index contributed by atoms with van der Waals surface area (Å²) in [7, 11) is 0. The summed E-state index contributed by atoms with van der Waals surface area (Å²) in [5.41, 5.74) is 1.11. The van der Waals surface area contributed by atoms with Crippen molar-refractivity contribution in [2.45, 2.75) is 19.9 Å². The van der Waals surface area contributed by atoms with E-state index in [1.54, 1.807) is 23.7 Å².